The molecule has 0 aromatic heterocycles. The number of hydrogen-bond acceptors (Lipinski definition) is 4. The van der Waals surface area contributed by atoms with E-state index in [9.17, 15) is 14.9 Å². The second-order valence-corrected chi connectivity index (χ2v) is 5.64. The molecule has 0 spiro atoms. The van der Waals surface area contributed by atoms with Crippen LogP contribution in [0.3, 0.4) is 0 Å². The molecule has 0 aliphatic heterocycles. The van der Waals surface area contributed by atoms with E-state index in [4.69, 9.17) is 0 Å². The number of carbonyl (C=O) groups excluding carboxylic acids is 1. The van der Waals surface area contributed by atoms with Crippen molar-refractivity contribution >= 4 is 27.5 Å². The highest BCUT2D eigenvalue weighted by Gasteiger charge is 2.17. The van der Waals surface area contributed by atoms with Gasteiger partial charge in [-0.3, -0.25) is 14.9 Å². The zero-order valence-corrected chi connectivity index (χ0v) is 14.0. The maximum absolute atomic E-state index is 12.2. The number of benzene rings is 1. The van der Waals surface area contributed by atoms with E-state index >= 15 is 0 Å². The largest absolute Gasteiger partial charge is 0.348 e. The summed E-state index contributed by atoms with van der Waals surface area (Å²) < 4.78 is 0.542. The van der Waals surface area contributed by atoms with Gasteiger partial charge in [0.1, 0.15) is 0 Å². The Morgan fingerprint density at radius 3 is 2.57 bits per heavy atom. The lowest BCUT2D eigenvalue weighted by molar-refractivity contribution is -0.384. The first-order chi connectivity index (χ1) is 9.88. The molecule has 1 aromatic carbocycles. The number of rotatable bonds is 7. The Bertz CT molecular complexity index is 518. The fourth-order valence-electron chi connectivity index (χ4n) is 2.02. The quantitative estimate of drug-likeness (QED) is 0.601. The summed E-state index contributed by atoms with van der Waals surface area (Å²) in [4.78, 5) is 24.7. The highest BCUT2D eigenvalue weighted by Crippen LogP contribution is 2.22. The standard InChI is InChI=1S/C14H20BrN3O3/c1-4-17(5-2)9-10(3)16-14(19)12-8-11(18(20)21)6-7-13(12)15/h6-8,10H,4-5,9H2,1-3H3,(H,16,19). The number of nitrogens with zero attached hydrogens (tertiary/aromatic N) is 2. The monoisotopic (exact) mass is 357 g/mol. The first kappa shape index (κ1) is 17.6. The van der Waals surface area contributed by atoms with E-state index in [0.29, 0.717) is 4.47 Å². The Balaban J connectivity index is 2.79. The molecule has 0 bridgehead atoms. The number of nitro groups is 1. The number of amides is 1. The zero-order valence-electron chi connectivity index (χ0n) is 12.4. The van der Waals surface area contributed by atoms with Crippen LogP contribution in [0.1, 0.15) is 31.1 Å². The van der Waals surface area contributed by atoms with E-state index < -0.39 is 4.92 Å². The van der Waals surface area contributed by atoms with Gasteiger partial charge in [0.15, 0.2) is 0 Å². The summed E-state index contributed by atoms with van der Waals surface area (Å²) in [7, 11) is 0. The molecule has 0 aliphatic carbocycles. The summed E-state index contributed by atoms with van der Waals surface area (Å²) in [5.41, 5.74) is 0.176. The van der Waals surface area contributed by atoms with Gasteiger partial charge in [-0.1, -0.05) is 13.8 Å². The Hall–Kier alpha value is -1.47. The van der Waals surface area contributed by atoms with E-state index in [-0.39, 0.29) is 23.2 Å². The van der Waals surface area contributed by atoms with Crippen LogP contribution in [0.4, 0.5) is 5.69 Å². The smallest absolute Gasteiger partial charge is 0.270 e. The summed E-state index contributed by atoms with van der Waals surface area (Å²) in [6, 6.07) is 4.12. The molecule has 0 fully saturated rings. The third kappa shape index (κ3) is 5.09. The van der Waals surface area contributed by atoms with Crippen LogP contribution >= 0.6 is 15.9 Å². The first-order valence-corrected chi connectivity index (χ1v) is 7.65. The Kier molecular flexibility index (Phi) is 6.77. The van der Waals surface area contributed by atoms with E-state index in [1.807, 2.05) is 6.92 Å². The summed E-state index contributed by atoms with van der Waals surface area (Å²) in [6.45, 7) is 8.62. The lowest BCUT2D eigenvalue weighted by Crippen LogP contribution is -2.42. The second-order valence-electron chi connectivity index (χ2n) is 4.78. The average Bonchev–Trinajstić information content (AvgIpc) is 2.44. The molecule has 1 rings (SSSR count). The molecule has 0 heterocycles. The van der Waals surface area contributed by atoms with Gasteiger partial charge in [0.05, 0.1) is 10.5 Å². The molecule has 7 heteroatoms. The molecule has 1 amide bonds. The minimum Gasteiger partial charge on any atom is -0.348 e. The van der Waals surface area contributed by atoms with Crippen molar-refractivity contribution in [3.63, 3.8) is 0 Å². The van der Waals surface area contributed by atoms with Gasteiger partial charge in [0.2, 0.25) is 0 Å². The maximum atomic E-state index is 12.2. The van der Waals surface area contributed by atoms with Crippen LogP contribution in [0.2, 0.25) is 0 Å². The van der Waals surface area contributed by atoms with Gasteiger partial charge in [-0.25, -0.2) is 0 Å². The Morgan fingerprint density at radius 1 is 1.43 bits per heavy atom. The van der Waals surface area contributed by atoms with Gasteiger partial charge in [0.25, 0.3) is 11.6 Å². The number of hydrogen-bond donors (Lipinski definition) is 1. The van der Waals surface area contributed by atoms with Crippen molar-refractivity contribution in [2.75, 3.05) is 19.6 Å². The fraction of sp³-hybridized carbons (Fsp3) is 0.500. The van der Waals surface area contributed by atoms with Crippen LogP contribution in [0, 0.1) is 10.1 Å². The van der Waals surface area contributed by atoms with Crippen LogP contribution in [0.5, 0.6) is 0 Å². The fourth-order valence-corrected chi connectivity index (χ4v) is 2.44. The minimum atomic E-state index is -0.511. The SMILES string of the molecule is CCN(CC)CC(C)NC(=O)c1cc([N+](=O)[O-])ccc1Br. The van der Waals surface area contributed by atoms with Crippen LogP contribution < -0.4 is 5.32 Å². The lowest BCUT2D eigenvalue weighted by Gasteiger charge is -2.23. The summed E-state index contributed by atoms with van der Waals surface area (Å²) in [6.07, 6.45) is 0. The molecule has 0 aliphatic rings. The summed E-state index contributed by atoms with van der Waals surface area (Å²) in [5, 5.41) is 13.7. The number of halogens is 1. The van der Waals surface area contributed by atoms with Crippen molar-refractivity contribution in [1.29, 1.82) is 0 Å². The summed E-state index contributed by atoms with van der Waals surface area (Å²) >= 11 is 3.25. The van der Waals surface area contributed by atoms with Crippen LogP contribution in [0.15, 0.2) is 22.7 Å². The summed E-state index contributed by atoms with van der Waals surface area (Å²) in [5.74, 6) is -0.315. The van der Waals surface area contributed by atoms with E-state index in [0.717, 1.165) is 19.6 Å². The number of carbonyl (C=O) groups is 1. The molecule has 1 atom stereocenters. The maximum Gasteiger partial charge on any atom is 0.270 e. The van der Waals surface area contributed by atoms with Crippen molar-refractivity contribution < 1.29 is 9.72 Å². The normalized spacial score (nSPS) is 12.2. The molecular weight excluding hydrogens is 338 g/mol. The molecule has 1 N–H and O–H groups in total. The second kappa shape index (κ2) is 8.09. The number of nitrogens with one attached hydrogen (secondary N) is 1. The molecule has 116 valence electrons. The molecular formula is C14H20BrN3O3. The Morgan fingerprint density at radius 2 is 2.05 bits per heavy atom. The van der Waals surface area contributed by atoms with Crippen molar-refractivity contribution in [1.82, 2.24) is 10.2 Å². The number of non-ortho nitro benzene ring substituents is 1. The van der Waals surface area contributed by atoms with Crippen molar-refractivity contribution in [2.45, 2.75) is 26.8 Å². The van der Waals surface area contributed by atoms with Gasteiger partial charge in [-0.05, 0) is 42.0 Å². The van der Waals surface area contributed by atoms with Gasteiger partial charge >= 0.3 is 0 Å². The van der Waals surface area contributed by atoms with Crippen molar-refractivity contribution in [3.8, 4) is 0 Å². The van der Waals surface area contributed by atoms with Crippen LogP contribution in [-0.4, -0.2) is 41.4 Å². The van der Waals surface area contributed by atoms with Gasteiger partial charge in [-0.15, -0.1) is 0 Å². The Labute approximate surface area is 132 Å². The molecule has 21 heavy (non-hydrogen) atoms. The number of likely N-dealkylation sites (N-methyl/N-ethyl adjacent to an activating group) is 1. The molecule has 0 radical (unpaired) electrons. The van der Waals surface area contributed by atoms with E-state index in [1.54, 1.807) is 0 Å². The third-order valence-corrected chi connectivity index (χ3v) is 3.90. The predicted octanol–water partition coefficient (Wildman–Crippen LogP) is 2.82. The molecule has 1 unspecified atom stereocenters. The van der Waals surface area contributed by atoms with Crippen LogP contribution in [0.25, 0.3) is 0 Å². The van der Waals surface area contributed by atoms with Crippen LogP contribution in [-0.2, 0) is 0 Å². The molecule has 1 aromatic rings. The minimum absolute atomic E-state index is 0.0384. The topological polar surface area (TPSA) is 75.5 Å². The van der Waals surface area contributed by atoms with Gasteiger partial charge in [-0.2, -0.15) is 0 Å². The van der Waals surface area contributed by atoms with E-state index in [1.165, 1.54) is 18.2 Å². The lowest BCUT2D eigenvalue weighted by atomic mass is 10.1. The molecule has 0 saturated heterocycles. The highest BCUT2D eigenvalue weighted by molar-refractivity contribution is 9.10. The van der Waals surface area contributed by atoms with Crippen molar-refractivity contribution in [2.24, 2.45) is 0 Å². The average molecular weight is 358 g/mol. The zero-order chi connectivity index (χ0) is 16.0. The van der Waals surface area contributed by atoms with Crippen molar-refractivity contribution in [3.05, 3.63) is 38.3 Å². The number of nitro benzene ring substituents is 1. The molecule has 0 saturated carbocycles. The highest BCUT2D eigenvalue weighted by atomic mass is 79.9. The predicted molar refractivity (Wildman–Crippen MR) is 85.5 cm³/mol. The third-order valence-electron chi connectivity index (χ3n) is 3.21. The van der Waals surface area contributed by atoms with E-state index in [2.05, 4.69) is 40.0 Å². The van der Waals surface area contributed by atoms with Gasteiger partial charge in [0, 0.05) is 29.2 Å². The first-order valence-electron chi connectivity index (χ1n) is 6.86. The van der Waals surface area contributed by atoms with Gasteiger partial charge < -0.3 is 10.2 Å². The molecule has 6 nitrogen and oxygen atoms in total.